The Morgan fingerprint density at radius 2 is 1.90 bits per heavy atom. The molecule has 1 aliphatic heterocycles. The predicted octanol–water partition coefficient (Wildman–Crippen LogP) is 1.43. The second kappa shape index (κ2) is 3.71. The van der Waals surface area contributed by atoms with Crippen LogP contribution in [0.1, 0.15) is 35.7 Å². The molecule has 6 nitrogen and oxygen atoms in total. The van der Waals surface area contributed by atoms with E-state index < -0.39 is 5.97 Å². The van der Waals surface area contributed by atoms with Crippen molar-refractivity contribution in [2.45, 2.75) is 27.3 Å². The highest BCUT2D eigenvalue weighted by Gasteiger charge is 2.72. The lowest BCUT2D eigenvalue weighted by molar-refractivity contribution is -0.144. The van der Waals surface area contributed by atoms with Gasteiger partial charge in [-0.25, -0.2) is 4.79 Å². The molecule has 1 aromatic rings. The number of carboxylic acid groups (broad SMARTS) is 1. The van der Waals surface area contributed by atoms with Crippen molar-refractivity contribution in [2.75, 3.05) is 0 Å². The molecule has 106 valence electrons. The van der Waals surface area contributed by atoms with Crippen LogP contribution in [0.2, 0.25) is 0 Å². The number of aromatic carboxylic acids is 1. The zero-order valence-corrected chi connectivity index (χ0v) is 11.5. The Hall–Kier alpha value is -2.11. The second-order valence-electron chi connectivity index (χ2n) is 6.03. The number of carbonyl (C=O) groups is 3. The minimum absolute atomic E-state index is 0.00880. The highest BCUT2D eigenvalue weighted by Crippen LogP contribution is 2.63. The molecule has 2 heterocycles. The summed E-state index contributed by atoms with van der Waals surface area (Å²) in [5, 5.41) is 8.95. The molecule has 0 radical (unpaired) electrons. The van der Waals surface area contributed by atoms with Crippen molar-refractivity contribution in [3.8, 4) is 0 Å². The van der Waals surface area contributed by atoms with Gasteiger partial charge in [0, 0.05) is 0 Å². The van der Waals surface area contributed by atoms with E-state index in [1.807, 2.05) is 13.8 Å². The monoisotopic (exact) mass is 277 g/mol. The lowest BCUT2D eigenvalue weighted by Crippen LogP contribution is -2.35. The molecular formula is C14H15NO5. The first kappa shape index (κ1) is 12.9. The van der Waals surface area contributed by atoms with Crippen LogP contribution in [0.3, 0.4) is 0 Å². The minimum atomic E-state index is -1.08. The summed E-state index contributed by atoms with van der Waals surface area (Å²) in [6.07, 6.45) is 0. The molecule has 0 bridgehead atoms. The third kappa shape index (κ3) is 1.54. The summed E-state index contributed by atoms with van der Waals surface area (Å²) in [6.45, 7) is 5.38. The van der Waals surface area contributed by atoms with Crippen molar-refractivity contribution < 1.29 is 23.9 Å². The number of hydrogen-bond acceptors (Lipinski definition) is 4. The molecule has 1 saturated carbocycles. The molecule has 1 aliphatic carbocycles. The van der Waals surface area contributed by atoms with E-state index in [1.54, 1.807) is 6.92 Å². The molecule has 2 fully saturated rings. The summed E-state index contributed by atoms with van der Waals surface area (Å²) in [5.41, 5.74) is -0.180. The summed E-state index contributed by atoms with van der Waals surface area (Å²) in [7, 11) is 0. The minimum Gasteiger partial charge on any atom is -0.478 e. The number of imide groups is 1. The number of fused-ring (bicyclic) bond motifs is 1. The van der Waals surface area contributed by atoms with Crippen LogP contribution in [0.15, 0.2) is 10.5 Å². The van der Waals surface area contributed by atoms with Gasteiger partial charge in [0.25, 0.3) is 0 Å². The van der Waals surface area contributed by atoms with E-state index in [-0.39, 0.29) is 46.9 Å². The van der Waals surface area contributed by atoms with Crippen LogP contribution in [-0.4, -0.2) is 27.8 Å². The number of rotatable bonds is 3. The van der Waals surface area contributed by atoms with Crippen molar-refractivity contribution in [2.24, 2.45) is 17.3 Å². The molecule has 1 saturated heterocycles. The predicted molar refractivity (Wildman–Crippen MR) is 66.7 cm³/mol. The van der Waals surface area contributed by atoms with Gasteiger partial charge >= 0.3 is 5.97 Å². The number of nitrogens with zero attached hydrogens (tertiary/aromatic N) is 1. The maximum atomic E-state index is 12.2. The number of hydrogen-bond donors (Lipinski definition) is 1. The normalized spacial score (nSPS) is 26.9. The standard InChI is InChI=1S/C14H15NO5/c1-6-8(13(18)19)4-7(20-6)5-15-11(16)9-10(12(15)17)14(9,2)3/h4,9-10H,5H2,1-3H3,(H,18,19). The lowest BCUT2D eigenvalue weighted by Gasteiger charge is -2.19. The third-order valence-corrected chi connectivity index (χ3v) is 4.40. The maximum Gasteiger partial charge on any atom is 0.339 e. The summed E-state index contributed by atoms with van der Waals surface area (Å²) >= 11 is 0. The smallest absolute Gasteiger partial charge is 0.339 e. The first-order valence-corrected chi connectivity index (χ1v) is 6.43. The van der Waals surface area contributed by atoms with Crippen LogP contribution in [0.25, 0.3) is 0 Å². The van der Waals surface area contributed by atoms with Gasteiger partial charge in [-0.2, -0.15) is 0 Å². The van der Waals surface area contributed by atoms with Gasteiger partial charge in [0.05, 0.1) is 18.4 Å². The molecule has 2 aliphatic rings. The van der Waals surface area contributed by atoms with Crippen molar-refractivity contribution >= 4 is 17.8 Å². The van der Waals surface area contributed by atoms with Crippen molar-refractivity contribution in [1.82, 2.24) is 4.90 Å². The van der Waals surface area contributed by atoms with Crippen LogP contribution in [0.5, 0.6) is 0 Å². The van der Waals surface area contributed by atoms with Crippen LogP contribution >= 0.6 is 0 Å². The molecule has 2 unspecified atom stereocenters. The Morgan fingerprint density at radius 1 is 1.35 bits per heavy atom. The van der Waals surface area contributed by atoms with Gasteiger partial charge in [-0.3, -0.25) is 14.5 Å². The Kier molecular flexibility index (Phi) is 2.39. The highest BCUT2D eigenvalue weighted by atomic mass is 16.4. The van der Waals surface area contributed by atoms with Gasteiger partial charge in [-0.05, 0) is 18.4 Å². The molecule has 1 N–H and O–H groups in total. The summed E-state index contributed by atoms with van der Waals surface area (Å²) in [5.74, 6) is -1.32. The number of carboxylic acids is 1. The van der Waals surface area contributed by atoms with E-state index in [2.05, 4.69) is 0 Å². The van der Waals surface area contributed by atoms with Gasteiger partial charge in [0.15, 0.2) is 0 Å². The summed E-state index contributed by atoms with van der Waals surface area (Å²) in [4.78, 5) is 36.4. The van der Waals surface area contributed by atoms with Gasteiger partial charge < -0.3 is 9.52 Å². The molecule has 1 aromatic heterocycles. The van der Waals surface area contributed by atoms with E-state index in [4.69, 9.17) is 9.52 Å². The van der Waals surface area contributed by atoms with Gasteiger partial charge in [-0.15, -0.1) is 0 Å². The molecule has 2 atom stereocenters. The fourth-order valence-electron chi connectivity index (χ4n) is 3.15. The van der Waals surface area contributed by atoms with E-state index in [0.29, 0.717) is 5.76 Å². The second-order valence-corrected chi connectivity index (χ2v) is 6.03. The van der Waals surface area contributed by atoms with E-state index in [9.17, 15) is 14.4 Å². The number of carbonyl (C=O) groups excluding carboxylic acids is 2. The van der Waals surface area contributed by atoms with Crippen molar-refractivity contribution in [3.63, 3.8) is 0 Å². The highest BCUT2D eigenvalue weighted by molar-refractivity contribution is 6.10. The van der Waals surface area contributed by atoms with Crippen LogP contribution in [0.4, 0.5) is 0 Å². The van der Waals surface area contributed by atoms with E-state index in [1.165, 1.54) is 11.0 Å². The molecule has 20 heavy (non-hydrogen) atoms. The van der Waals surface area contributed by atoms with Gasteiger partial charge in [0.1, 0.15) is 17.1 Å². The number of likely N-dealkylation sites (tertiary alicyclic amines) is 1. The average molecular weight is 277 g/mol. The molecule has 2 amide bonds. The van der Waals surface area contributed by atoms with Crippen LogP contribution in [0, 0.1) is 24.2 Å². The fourth-order valence-corrected chi connectivity index (χ4v) is 3.15. The van der Waals surface area contributed by atoms with Crippen molar-refractivity contribution in [1.29, 1.82) is 0 Å². The number of amides is 2. The molecular weight excluding hydrogens is 262 g/mol. The van der Waals surface area contributed by atoms with Crippen molar-refractivity contribution in [3.05, 3.63) is 23.2 Å². The molecule has 0 spiro atoms. The first-order valence-electron chi connectivity index (χ1n) is 6.43. The topological polar surface area (TPSA) is 87.8 Å². The first-order chi connectivity index (χ1) is 9.25. The maximum absolute atomic E-state index is 12.2. The summed E-state index contributed by atoms with van der Waals surface area (Å²) in [6, 6.07) is 1.37. The largest absolute Gasteiger partial charge is 0.478 e. The van der Waals surface area contributed by atoms with Gasteiger partial charge in [-0.1, -0.05) is 13.8 Å². The Balaban J connectivity index is 1.80. The SMILES string of the molecule is Cc1oc(CN2C(=O)C3C(C2=O)C3(C)C)cc1C(=O)O. The Labute approximate surface area is 115 Å². The quantitative estimate of drug-likeness (QED) is 0.844. The van der Waals surface area contributed by atoms with Gasteiger partial charge in [0.2, 0.25) is 11.8 Å². The number of piperidine rings is 1. The summed E-state index contributed by atoms with van der Waals surface area (Å²) < 4.78 is 5.31. The Bertz CT molecular complexity index is 618. The molecule has 3 rings (SSSR count). The zero-order chi connectivity index (χ0) is 14.8. The third-order valence-electron chi connectivity index (χ3n) is 4.40. The number of furan rings is 1. The average Bonchev–Trinajstić information content (AvgIpc) is 2.62. The van der Waals surface area contributed by atoms with E-state index in [0.717, 1.165) is 0 Å². The molecule has 6 heteroatoms. The fraction of sp³-hybridized carbons (Fsp3) is 0.500. The van der Waals surface area contributed by atoms with Crippen LogP contribution < -0.4 is 0 Å². The van der Waals surface area contributed by atoms with E-state index >= 15 is 0 Å². The number of aryl methyl sites for hydroxylation is 1. The van der Waals surface area contributed by atoms with Crippen LogP contribution in [-0.2, 0) is 16.1 Å². The zero-order valence-electron chi connectivity index (χ0n) is 11.5. The molecule has 0 aromatic carbocycles. The lowest BCUT2D eigenvalue weighted by atomic mass is 10.1. The Morgan fingerprint density at radius 3 is 2.35 bits per heavy atom.